The molecule has 2 saturated heterocycles. The SMILES string of the molecule is CC(C)(C)OC(=O)N1C2CCCC1CN(c1ccc(Br)nn1)C2. The number of fused-ring (bicyclic) bond motifs is 2. The number of amides is 1. The van der Waals surface area contributed by atoms with Gasteiger partial charge in [0.25, 0.3) is 0 Å². The van der Waals surface area contributed by atoms with Gasteiger partial charge in [0.1, 0.15) is 10.2 Å². The van der Waals surface area contributed by atoms with Crippen molar-refractivity contribution in [2.45, 2.75) is 57.7 Å². The second kappa shape index (κ2) is 6.26. The van der Waals surface area contributed by atoms with Crippen LogP contribution in [0.4, 0.5) is 10.6 Å². The maximum absolute atomic E-state index is 12.6. The van der Waals surface area contributed by atoms with Gasteiger partial charge < -0.3 is 9.64 Å². The van der Waals surface area contributed by atoms with Crippen molar-refractivity contribution in [3.63, 3.8) is 0 Å². The van der Waals surface area contributed by atoms with E-state index >= 15 is 0 Å². The molecule has 0 N–H and O–H groups in total. The zero-order valence-corrected chi connectivity index (χ0v) is 15.4. The van der Waals surface area contributed by atoms with Crippen LogP contribution in [0, 0.1) is 0 Å². The van der Waals surface area contributed by atoms with Gasteiger partial charge in [-0.1, -0.05) is 0 Å². The number of halogens is 1. The van der Waals surface area contributed by atoms with Crippen LogP contribution in [0.5, 0.6) is 0 Å². The van der Waals surface area contributed by atoms with Crippen LogP contribution in [0.15, 0.2) is 16.7 Å². The first-order valence-electron chi connectivity index (χ1n) is 8.09. The molecule has 2 atom stereocenters. The molecule has 2 bridgehead atoms. The van der Waals surface area contributed by atoms with Crippen LogP contribution in [-0.4, -0.2) is 52.0 Å². The predicted molar refractivity (Wildman–Crippen MR) is 91.4 cm³/mol. The van der Waals surface area contributed by atoms with Crippen LogP contribution >= 0.6 is 15.9 Å². The molecule has 0 saturated carbocycles. The van der Waals surface area contributed by atoms with Crippen molar-refractivity contribution in [1.29, 1.82) is 0 Å². The number of piperidine rings is 1. The highest BCUT2D eigenvalue weighted by atomic mass is 79.9. The summed E-state index contributed by atoms with van der Waals surface area (Å²) in [7, 11) is 0. The summed E-state index contributed by atoms with van der Waals surface area (Å²) in [6, 6.07) is 4.24. The lowest BCUT2D eigenvalue weighted by Crippen LogP contribution is -2.63. The largest absolute Gasteiger partial charge is 0.444 e. The fourth-order valence-corrected chi connectivity index (χ4v) is 3.60. The number of hydrogen-bond donors (Lipinski definition) is 0. The Morgan fingerprint density at radius 3 is 2.39 bits per heavy atom. The third-order valence-electron chi connectivity index (χ3n) is 4.27. The van der Waals surface area contributed by atoms with Crippen LogP contribution < -0.4 is 4.90 Å². The molecule has 2 fully saturated rings. The topological polar surface area (TPSA) is 58.6 Å². The molecular formula is C16H23BrN4O2. The van der Waals surface area contributed by atoms with Gasteiger partial charge in [0.2, 0.25) is 0 Å². The molecule has 3 rings (SSSR count). The maximum Gasteiger partial charge on any atom is 0.410 e. The number of carbonyl (C=O) groups is 1. The van der Waals surface area contributed by atoms with Gasteiger partial charge in [0.15, 0.2) is 5.82 Å². The molecule has 126 valence electrons. The lowest BCUT2D eigenvalue weighted by Gasteiger charge is -2.50. The summed E-state index contributed by atoms with van der Waals surface area (Å²) in [4.78, 5) is 16.8. The number of aromatic nitrogens is 2. The van der Waals surface area contributed by atoms with Gasteiger partial charge in [0.05, 0.1) is 12.1 Å². The molecule has 2 aliphatic heterocycles. The van der Waals surface area contributed by atoms with Crippen molar-refractivity contribution < 1.29 is 9.53 Å². The van der Waals surface area contributed by atoms with Gasteiger partial charge in [-0.2, -0.15) is 0 Å². The number of ether oxygens (including phenoxy) is 1. The number of hydrogen-bond acceptors (Lipinski definition) is 5. The van der Waals surface area contributed by atoms with E-state index in [-0.39, 0.29) is 18.2 Å². The van der Waals surface area contributed by atoms with E-state index in [0.717, 1.165) is 42.8 Å². The van der Waals surface area contributed by atoms with Crippen molar-refractivity contribution in [2.75, 3.05) is 18.0 Å². The Hall–Kier alpha value is -1.37. The Morgan fingerprint density at radius 1 is 1.22 bits per heavy atom. The van der Waals surface area contributed by atoms with Crippen molar-refractivity contribution in [2.24, 2.45) is 0 Å². The van der Waals surface area contributed by atoms with Crippen LogP contribution in [0.25, 0.3) is 0 Å². The third kappa shape index (κ3) is 3.76. The second-order valence-corrected chi connectivity index (χ2v) is 8.06. The zero-order chi connectivity index (χ0) is 16.6. The smallest absolute Gasteiger partial charge is 0.410 e. The van der Waals surface area contributed by atoms with Gasteiger partial charge >= 0.3 is 6.09 Å². The molecule has 7 heteroatoms. The van der Waals surface area contributed by atoms with Gasteiger partial charge in [-0.3, -0.25) is 4.90 Å². The number of piperazine rings is 1. The summed E-state index contributed by atoms with van der Waals surface area (Å²) < 4.78 is 6.33. The number of anilines is 1. The molecule has 0 aliphatic carbocycles. The summed E-state index contributed by atoms with van der Waals surface area (Å²) in [6.45, 7) is 7.30. The molecule has 6 nitrogen and oxygen atoms in total. The summed E-state index contributed by atoms with van der Waals surface area (Å²) in [5.41, 5.74) is -0.459. The molecule has 3 heterocycles. The van der Waals surface area contributed by atoms with Gasteiger partial charge in [-0.05, 0) is 68.1 Å². The lowest BCUT2D eigenvalue weighted by molar-refractivity contribution is -0.00978. The molecule has 23 heavy (non-hydrogen) atoms. The highest BCUT2D eigenvalue weighted by molar-refractivity contribution is 9.10. The molecule has 0 spiro atoms. The minimum Gasteiger partial charge on any atom is -0.444 e. The molecular weight excluding hydrogens is 360 g/mol. The minimum absolute atomic E-state index is 0.183. The molecule has 1 aromatic heterocycles. The summed E-state index contributed by atoms with van der Waals surface area (Å²) in [5.74, 6) is 0.869. The first-order valence-corrected chi connectivity index (χ1v) is 8.88. The average molecular weight is 383 g/mol. The fraction of sp³-hybridized carbons (Fsp3) is 0.688. The Kier molecular flexibility index (Phi) is 4.49. The Labute approximate surface area is 145 Å². The van der Waals surface area contributed by atoms with Crippen LogP contribution in [0.2, 0.25) is 0 Å². The number of nitrogens with zero attached hydrogens (tertiary/aromatic N) is 4. The summed E-state index contributed by atoms with van der Waals surface area (Å²) >= 11 is 3.31. The van der Waals surface area contributed by atoms with E-state index in [4.69, 9.17) is 4.74 Å². The average Bonchev–Trinajstić information content (AvgIpc) is 2.44. The normalized spacial score (nSPS) is 24.5. The molecule has 0 aromatic carbocycles. The second-order valence-electron chi connectivity index (χ2n) is 7.25. The van der Waals surface area contributed by atoms with Crippen molar-refractivity contribution in [3.8, 4) is 0 Å². The highest BCUT2D eigenvalue weighted by Gasteiger charge is 2.42. The number of rotatable bonds is 1. The minimum atomic E-state index is -0.459. The van der Waals surface area contributed by atoms with Crippen molar-refractivity contribution in [1.82, 2.24) is 15.1 Å². The Bertz CT molecular complexity index is 558. The lowest BCUT2D eigenvalue weighted by atomic mass is 9.91. The van der Waals surface area contributed by atoms with E-state index < -0.39 is 5.60 Å². The fourth-order valence-electron chi connectivity index (χ4n) is 3.38. The van der Waals surface area contributed by atoms with E-state index in [0.29, 0.717) is 0 Å². The number of carbonyl (C=O) groups excluding carboxylic acids is 1. The van der Waals surface area contributed by atoms with Crippen LogP contribution in [-0.2, 0) is 4.74 Å². The van der Waals surface area contributed by atoms with E-state index in [1.807, 2.05) is 37.8 Å². The molecule has 1 amide bonds. The van der Waals surface area contributed by atoms with Gasteiger partial charge in [-0.15, -0.1) is 10.2 Å². The van der Waals surface area contributed by atoms with E-state index in [1.54, 1.807) is 0 Å². The van der Waals surface area contributed by atoms with Gasteiger partial charge in [0, 0.05) is 13.1 Å². The standard InChI is InChI=1S/C16H23BrN4O2/c1-16(2,3)23-15(22)21-11-5-4-6-12(21)10-20(9-11)14-8-7-13(17)18-19-14/h7-8,11-12H,4-6,9-10H2,1-3H3. The van der Waals surface area contributed by atoms with E-state index in [1.165, 1.54) is 0 Å². The maximum atomic E-state index is 12.6. The zero-order valence-electron chi connectivity index (χ0n) is 13.8. The molecule has 1 aromatic rings. The Morgan fingerprint density at radius 2 is 1.87 bits per heavy atom. The molecule has 2 aliphatic rings. The van der Waals surface area contributed by atoms with Crippen molar-refractivity contribution in [3.05, 3.63) is 16.7 Å². The van der Waals surface area contributed by atoms with Gasteiger partial charge in [-0.25, -0.2) is 4.79 Å². The van der Waals surface area contributed by atoms with Crippen LogP contribution in [0.1, 0.15) is 40.0 Å². The third-order valence-corrected chi connectivity index (χ3v) is 4.69. The Balaban J connectivity index is 1.75. The molecule has 2 unspecified atom stereocenters. The first kappa shape index (κ1) is 16.5. The summed E-state index contributed by atoms with van der Waals surface area (Å²) in [5, 5.41) is 8.32. The predicted octanol–water partition coefficient (Wildman–Crippen LogP) is 3.22. The van der Waals surface area contributed by atoms with Crippen LogP contribution in [0.3, 0.4) is 0 Å². The quantitative estimate of drug-likeness (QED) is 0.745. The first-order chi connectivity index (χ1) is 10.8. The summed E-state index contributed by atoms with van der Waals surface area (Å²) in [6.07, 6.45) is 3.00. The molecule has 0 radical (unpaired) electrons. The van der Waals surface area contributed by atoms with E-state index in [9.17, 15) is 4.79 Å². The van der Waals surface area contributed by atoms with E-state index in [2.05, 4.69) is 31.0 Å². The van der Waals surface area contributed by atoms with Crippen molar-refractivity contribution >= 4 is 27.8 Å². The monoisotopic (exact) mass is 382 g/mol. The highest BCUT2D eigenvalue weighted by Crippen LogP contribution is 2.32.